The molecular weight excluding hydrogens is 310 g/mol. The molecule has 0 radical (unpaired) electrons. The number of carbonyl (C=O) groups excluding carboxylic acids is 1. The molecule has 1 heterocycles. The van der Waals surface area contributed by atoms with Gasteiger partial charge in [0, 0.05) is 32.3 Å². The molecule has 0 unspecified atom stereocenters. The van der Waals surface area contributed by atoms with Crippen LogP contribution in [0.2, 0.25) is 0 Å². The summed E-state index contributed by atoms with van der Waals surface area (Å²) in [5, 5.41) is 22.4. The number of nitrogens with zero attached hydrogens (tertiary/aromatic N) is 4. The summed E-state index contributed by atoms with van der Waals surface area (Å²) in [7, 11) is 3.33. The Morgan fingerprint density at radius 3 is 2.54 bits per heavy atom. The molecule has 1 aromatic heterocycles. The number of aromatic nitrogens is 1. The van der Waals surface area contributed by atoms with Gasteiger partial charge in [0.15, 0.2) is 0 Å². The highest BCUT2D eigenvalue weighted by Gasteiger charge is 2.17. The van der Waals surface area contributed by atoms with Gasteiger partial charge in [-0.15, -0.1) is 0 Å². The number of nitro groups is 1. The topological polar surface area (TPSA) is 112 Å². The first-order valence-corrected chi connectivity index (χ1v) is 7.04. The first-order chi connectivity index (χ1) is 11.5. The second-order valence-electron chi connectivity index (χ2n) is 5.04. The van der Waals surface area contributed by atoms with Crippen LogP contribution in [0.4, 0.5) is 11.5 Å². The van der Waals surface area contributed by atoms with Gasteiger partial charge in [0.05, 0.1) is 4.92 Å². The Hall–Kier alpha value is -3.47. The fourth-order valence-electron chi connectivity index (χ4n) is 2.14. The lowest BCUT2D eigenvalue weighted by Gasteiger charge is -2.18. The monoisotopic (exact) mass is 325 g/mol. The van der Waals surface area contributed by atoms with Crippen LogP contribution in [0.25, 0.3) is 0 Å². The molecule has 8 heteroatoms. The normalized spacial score (nSPS) is 9.88. The van der Waals surface area contributed by atoms with Crippen LogP contribution in [0, 0.1) is 21.4 Å². The van der Waals surface area contributed by atoms with Crippen LogP contribution >= 0.6 is 0 Å². The quantitative estimate of drug-likeness (QED) is 0.663. The second-order valence-corrected chi connectivity index (χ2v) is 5.04. The highest BCUT2D eigenvalue weighted by molar-refractivity contribution is 5.93. The lowest BCUT2D eigenvalue weighted by atomic mass is 10.1. The first-order valence-electron chi connectivity index (χ1n) is 7.04. The molecule has 0 saturated carbocycles. The summed E-state index contributed by atoms with van der Waals surface area (Å²) in [4.78, 5) is 27.5. The number of benzene rings is 1. The molecule has 0 aliphatic heterocycles. The molecule has 122 valence electrons. The van der Waals surface area contributed by atoms with E-state index in [4.69, 9.17) is 5.26 Å². The van der Waals surface area contributed by atoms with Crippen molar-refractivity contribution in [2.75, 3.05) is 19.0 Å². The summed E-state index contributed by atoms with van der Waals surface area (Å²) in [6.07, 6.45) is 0. The average molecular weight is 325 g/mol. The summed E-state index contributed by atoms with van der Waals surface area (Å²) in [5.41, 5.74) is 0.955. The van der Waals surface area contributed by atoms with Gasteiger partial charge in [0.25, 0.3) is 5.91 Å². The molecule has 2 aromatic rings. The van der Waals surface area contributed by atoms with Crippen LogP contribution in [0.15, 0.2) is 36.4 Å². The number of anilines is 1. The molecule has 0 aliphatic rings. The van der Waals surface area contributed by atoms with Crippen LogP contribution in [0.1, 0.15) is 21.6 Å². The fraction of sp³-hybridized carbons (Fsp3) is 0.188. The van der Waals surface area contributed by atoms with Crippen molar-refractivity contribution in [2.24, 2.45) is 0 Å². The van der Waals surface area contributed by atoms with E-state index in [2.05, 4.69) is 10.3 Å². The maximum Gasteiger partial charge on any atom is 0.305 e. The van der Waals surface area contributed by atoms with E-state index in [0.717, 1.165) is 5.56 Å². The number of rotatable bonds is 5. The van der Waals surface area contributed by atoms with E-state index < -0.39 is 4.92 Å². The average Bonchev–Trinajstić information content (AvgIpc) is 2.60. The molecule has 0 spiro atoms. The van der Waals surface area contributed by atoms with Crippen LogP contribution in [0.5, 0.6) is 0 Å². The van der Waals surface area contributed by atoms with E-state index in [-0.39, 0.29) is 17.3 Å². The molecule has 0 fully saturated rings. The molecule has 1 N–H and O–H groups in total. The number of hydrogen-bond donors (Lipinski definition) is 1. The first kappa shape index (κ1) is 16.9. The summed E-state index contributed by atoms with van der Waals surface area (Å²) in [5.74, 6) is 0.290. The maximum atomic E-state index is 11.5. The smallest absolute Gasteiger partial charge is 0.305 e. The minimum absolute atomic E-state index is 0.161. The van der Waals surface area contributed by atoms with Crippen molar-refractivity contribution in [3.8, 4) is 6.07 Å². The van der Waals surface area contributed by atoms with Gasteiger partial charge in [-0.2, -0.15) is 5.26 Å². The second kappa shape index (κ2) is 7.19. The summed E-state index contributed by atoms with van der Waals surface area (Å²) < 4.78 is 0. The Morgan fingerprint density at radius 2 is 2.00 bits per heavy atom. The van der Waals surface area contributed by atoms with Crippen molar-refractivity contribution >= 4 is 17.4 Å². The van der Waals surface area contributed by atoms with E-state index in [9.17, 15) is 14.9 Å². The van der Waals surface area contributed by atoms with E-state index in [1.165, 1.54) is 12.1 Å². The van der Waals surface area contributed by atoms with Gasteiger partial charge >= 0.3 is 5.69 Å². The van der Waals surface area contributed by atoms with Crippen molar-refractivity contribution in [3.63, 3.8) is 0 Å². The van der Waals surface area contributed by atoms with Gasteiger partial charge in [-0.1, -0.05) is 12.1 Å². The summed E-state index contributed by atoms with van der Waals surface area (Å²) in [6.45, 7) is 0.476. The van der Waals surface area contributed by atoms with Crippen molar-refractivity contribution in [1.29, 1.82) is 5.26 Å². The van der Waals surface area contributed by atoms with Gasteiger partial charge in [-0.25, -0.2) is 4.98 Å². The zero-order valence-electron chi connectivity index (χ0n) is 13.2. The molecular formula is C16H15N5O3. The maximum absolute atomic E-state index is 11.5. The Morgan fingerprint density at radius 1 is 1.33 bits per heavy atom. The van der Waals surface area contributed by atoms with Gasteiger partial charge in [-0.3, -0.25) is 14.9 Å². The Bertz CT molecular complexity index is 811. The van der Waals surface area contributed by atoms with Gasteiger partial charge in [0.1, 0.15) is 11.9 Å². The van der Waals surface area contributed by atoms with Crippen molar-refractivity contribution in [2.45, 2.75) is 6.54 Å². The highest BCUT2D eigenvalue weighted by atomic mass is 16.6. The summed E-state index contributed by atoms with van der Waals surface area (Å²) in [6, 6.07) is 11.6. The zero-order valence-corrected chi connectivity index (χ0v) is 13.2. The third-order valence-electron chi connectivity index (χ3n) is 3.42. The number of amides is 1. The Kier molecular flexibility index (Phi) is 5.06. The molecule has 0 saturated heterocycles. The van der Waals surface area contributed by atoms with E-state index in [1.807, 2.05) is 12.1 Å². The van der Waals surface area contributed by atoms with E-state index in [1.54, 1.807) is 37.2 Å². The fourth-order valence-corrected chi connectivity index (χ4v) is 2.14. The third-order valence-corrected chi connectivity index (χ3v) is 3.42. The van der Waals surface area contributed by atoms with Gasteiger partial charge < -0.3 is 10.2 Å². The minimum Gasteiger partial charge on any atom is -0.355 e. The molecule has 0 bridgehead atoms. The predicted molar refractivity (Wildman–Crippen MR) is 87.5 cm³/mol. The number of carbonyl (C=O) groups is 1. The molecule has 0 aliphatic carbocycles. The molecule has 1 amide bonds. The number of pyridine rings is 1. The Balaban J connectivity index is 2.18. The molecule has 2 rings (SSSR count). The number of nitrogens with one attached hydrogen (secondary N) is 1. The van der Waals surface area contributed by atoms with Crippen molar-refractivity contribution < 1.29 is 9.72 Å². The van der Waals surface area contributed by atoms with Gasteiger partial charge in [-0.05, 0) is 23.8 Å². The Labute approximate surface area is 138 Å². The standard InChI is InChI=1S/C16H15N5O3/c1-18-16(22)12-5-3-11(4-6-12)10-20(2)15-8-7-14(21(23)24)13(9-17)19-15/h3-8H,10H2,1-2H3,(H,18,22). The minimum atomic E-state index is -0.632. The van der Waals surface area contributed by atoms with Crippen molar-refractivity contribution in [1.82, 2.24) is 10.3 Å². The van der Waals surface area contributed by atoms with Crippen LogP contribution in [-0.4, -0.2) is 29.9 Å². The van der Waals surface area contributed by atoms with E-state index in [0.29, 0.717) is 17.9 Å². The van der Waals surface area contributed by atoms with Crippen molar-refractivity contribution in [3.05, 3.63) is 63.3 Å². The van der Waals surface area contributed by atoms with Crippen LogP contribution < -0.4 is 10.2 Å². The molecule has 1 aromatic carbocycles. The van der Waals surface area contributed by atoms with Crippen LogP contribution in [0.3, 0.4) is 0 Å². The van der Waals surface area contributed by atoms with E-state index >= 15 is 0 Å². The lowest BCUT2D eigenvalue weighted by molar-refractivity contribution is -0.385. The molecule has 0 atom stereocenters. The zero-order chi connectivity index (χ0) is 17.7. The predicted octanol–water partition coefficient (Wildman–Crippen LogP) is 1.86. The number of hydrogen-bond acceptors (Lipinski definition) is 6. The highest BCUT2D eigenvalue weighted by Crippen LogP contribution is 2.21. The summed E-state index contributed by atoms with van der Waals surface area (Å²) >= 11 is 0. The molecule has 24 heavy (non-hydrogen) atoms. The lowest BCUT2D eigenvalue weighted by Crippen LogP contribution is -2.19. The third kappa shape index (κ3) is 3.64. The number of nitriles is 1. The van der Waals surface area contributed by atoms with Gasteiger partial charge in [0.2, 0.25) is 5.69 Å². The van der Waals surface area contributed by atoms with Crippen LogP contribution in [-0.2, 0) is 6.54 Å². The molecule has 8 nitrogen and oxygen atoms in total. The largest absolute Gasteiger partial charge is 0.355 e. The SMILES string of the molecule is CNC(=O)c1ccc(CN(C)c2ccc([N+](=O)[O-])c(C#N)n2)cc1.